The molecule has 6 nitrogen and oxygen atoms in total. The van der Waals surface area contributed by atoms with Gasteiger partial charge in [0.2, 0.25) is 10.0 Å². The van der Waals surface area contributed by atoms with Gasteiger partial charge in [-0.3, -0.25) is 0 Å². The van der Waals surface area contributed by atoms with Crippen molar-refractivity contribution in [3.05, 3.63) is 28.2 Å². The largest absolute Gasteiger partial charge is 0.478 e. The Bertz CT molecular complexity index is 640. The third kappa shape index (κ3) is 3.63. The summed E-state index contributed by atoms with van der Waals surface area (Å²) in [6, 6.07) is 3.86. The van der Waals surface area contributed by atoms with Crippen LogP contribution in [0.4, 0.5) is 0 Å². The third-order valence-corrected chi connectivity index (χ3v) is 6.15. The van der Waals surface area contributed by atoms with E-state index in [1.807, 2.05) is 0 Å². The van der Waals surface area contributed by atoms with Crippen molar-refractivity contribution >= 4 is 31.9 Å². The summed E-state index contributed by atoms with van der Waals surface area (Å²) in [7, 11) is -2.19. The number of hydrogen-bond donors (Lipinski definition) is 1. The molecule has 1 heterocycles. The van der Waals surface area contributed by atoms with Gasteiger partial charge >= 0.3 is 5.97 Å². The maximum atomic E-state index is 12.5. The molecular weight excluding hydrogens is 362 g/mol. The predicted molar refractivity (Wildman–Crippen MR) is 79.9 cm³/mol. The highest BCUT2D eigenvalue weighted by molar-refractivity contribution is 9.10. The molecule has 1 N–H and O–H groups in total. The number of benzene rings is 1. The number of halogens is 1. The van der Waals surface area contributed by atoms with Crippen LogP contribution < -0.4 is 0 Å². The molecule has 0 bridgehead atoms. The zero-order chi connectivity index (χ0) is 15.6. The molecule has 0 aliphatic carbocycles. The fourth-order valence-electron chi connectivity index (χ4n) is 2.18. The van der Waals surface area contributed by atoms with Gasteiger partial charge in [0.05, 0.1) is 16.6 Å². The quantitative estimate of drug-likeness (QED) is 0.847. The molecule has 1 aromatic rings. The number of nitrogens with zero attached hydrogens (tertiary/aromatic N) is 1. The second-order valence-corrected chi connectivity index (χ2v) is 7.74. The standard InChI is InChI=1S/C13H16BrNO5S/c1-15(8-10-3-2-6-20-10)21(18,19)12-5-4-9(13(16)17)7-11(12)14/h4-5,7,10H,2-3,6,8H2,1H3,(H,16,17). The van der Waals surface area contributed by atoms with Gasteiger partial charge in [-0.05, 0) is 47.0 Å². The number of carboxylic acids is 1. The lowest BCUT2D eigenvalue weighted by atomic mass is 10.2. The second kappa shape index (κ2) is 6.43. The molecule has 2 rings (SSSR count). The van der Waals surface area contributed by atoms with E-state index in [-0.39, 0.29) is 27.6 Å². The first-order valence-corrected chi connectivity index (χ1v) is 8.66. The highest BCUT2D eigenvalue weighted by Gasteiger charge is 2.27. The molecule has 0 aromatic heterocycles. The molecule has 0 amide bonds. The van der Waals surface area contributed by atoms with Crippen LogP contribution in [0.3, 0.4) is 0 Å². The summed E-state index contributed by atoms with van der Waals surface area (Å²) in [4.78, 5) is 10.9. The number of carboxylic acid groups (broad SMARTS) is 1. The summed E-state index contributed by atoms with van der Waals surface area (Å²) in [5.41, 5.74) is 0.0302. The first-order chi connectivity index (χ1) is 9.82. The summed E-state index contributed by atoms with van der Waals surface area (Å²) in [6.45, 7) is 0.949. The number of likely N-dealkylation sites (N-methyl/N-ethyl adjacent to an activating group) is 1. The van der Waals surface area contributed by atoms with Crippen LogP contribution >= 0.6 is 15.9 Å². The minimum atomic E-state index is -3.69. The zero-order valence-electron chi connectivity index (χ0n) is 11.5. The van der Waals surface area contributed by atoms with Gasteiger partial charge in [-0.2, -0.15) is 4.31 Å². The monoisotopic (exact) mass is 377 g/mol. The molecule has 116 valence electrons. The van der Waals surface area contributed by atoms with Crippen LogP contribution in [0.25, 0.3) is 0 Å². The van der Waals surface area contributed by atoms with Crippen molar-refractivity contribution in [2.45, 2.75) is 23.8 Å². The summed E-state index contributed by atoms with van der Waals surface area (Å²) >= 11 is 3.13. The maximum absolute atomic E-state index is 12.5. The minimum Gasteiger partial charge on any atom is -0.478 e. The van der Waals surface area contributed by atoms with E-state index in [9.17, 15) is 13.2 Å². The number of carbonyl (C=O) groups is 1. The van der Waals surface area contributed by atoms with Crippen molar-refractivity contribution in [2.75, 3.05) is 20.2 Å². The summed E-state index contributed by atoms with van der Waals surface area (Å²) in [5, 5.41) is 8.90. The van der Waals surface area contributed by atoms with Crippen molar-refractivity contribution in [1.29, 1.82) is 0 Å². The van der Waals surface area contributed by atoms with E-state index in [0.717, 1.165) is 12.8 Å². The van der Waals surface area contributed by atoms with Crippen LogP contribution in [0.5, 0.6) is 0 Å². The lowest BCUT2D eigenvalue weighted by molar-refractivity contribution is 0.0696. The Kier molecular flexibility index (Phi) is 5.03. The van der Waals surface area contributed by atoms with Crippen molar-refractivity contribution in [2.24, 2.45) is 0 Å². The van der Waals surface area contributed by atoms with Gasteiger partial charge in [-0.15, -0.1) is 0 Å². The average Bonchev–Trinajstić information content (AvgIpc) is 2.90. The highest BCUT2D eigenvalue weighted by atomic mass is 79.9. The molecule has 1 unspecified atom stereocenters. The number of sulfonamides is 1. The number of ether oxygens (including phenoxy) is 1. The average molecular weight is 378 g/mol. The van der Waals surface area contributed by atoms with Crippen LogP contribution in [0, 0.1) is 0 Å². The molecule has 21 heavy (non-hydrogen) atoms. The van der Waals surface area contributed by atoms with E-state index in [4.69, 9.17) is 9.84 Å². The van der Waals surface area contributed by atoms with Crippen LogP contribution in [0.2, 0.25) is 0 Å². The van der Waals surface area contributed by atoms with Gasteiger partial charge in [-0.25, -0.2) is 13.2 Å². The van der Waals surface area contributed by atoms with E-state index in [2.05, 4.69) is 15.9 Å². The molecule has 0 radical (unpaired) electrons. The van der Waals surface area contributed by atoms with E-state index in [1.165, 1.54) is 29.6 Å². The van der Waals surface area contributed by atoms with E-state index < -0.39 is 16.0 Å². The Morgan fingerprint density at radius 2 is 2.24 bits per heavy atom. The molecule has 8 heteroatoms. The van der Waals surface area contributed by atoms with Gasteiger partial charge in [0, 0.05) is 24.7 Å². The predicted octanol–water partition coefficient (Wildman–Crippen LogP) is 1.95. The Morgan fingerprint density at radius 1 is 1.52 bits per heavy atom. The molecule has 1 saturated heterocycles. The lowest BCUT2D eigenvalue weighted by Gasteiger charge is -2.21. The third-order valence-electron chi connectivity index (χ3n) is 3.35. The first-order valence-electron chi connectivity index (χ1n) is 6.43. The number of aromatic carboxylic acids is 1. The van der Waals surface area contributed by atoms with Crippen molar-refractivity contribution in [1.82, 2.24) is 4.31 Å². The van der Waals surface area contributed by atoms with Crippen LogP contribution in [0.1, 0.15) is 23.2 Å². The normalized spacial score (nSPS) is 19.1. The van der Waals surface area contributed by atoms with Crippen molar-refractivity contribution < 1.29 is 23.1 Å². The van der Waals surface area contributed by atoms with Crippen LogP contribution in [-0.4, -0.2) is 50.1 Å². The number of rotatable bonds is 5. The fraction of sp³-hybridized carbons (Fsp3) is 0.462. The maximum Gasteiger partial charge on any atom is 0.335 e. The Morgan fingerprint density at radius 3 is 2.76 bits per heavy atom. The molecule has 1 aromatic carbocycles. The van der Waals surface area contributed by atoms with Gasteiger partial charge in [0.25, 0.3) is 0 Å². The van der Waals surface area contributed by atoms with Gasteiger partial charge < -0.3 is 9.84 Å². The summed E-state index contributed by atoms with van der Waals surface area (Å²) < 4.78 is 31.9. The molecule has 1 atom stereocenters. The molecule has 1 fully saturated rings. The highest BCUT2D eigenvalue weighted by Crippen LogP contribution is 2.26. The lowest BCUT2D eigenvalue weighted by Crippen LogP contribution is -2.34. The molecule has 1 aliphatic heterocycles. The van der Waals surface area contributed by atoms with Gasteiger partial charge in [0.15, 0.2) is 0 Å². The minimum absolute atomic E-state index is 0.0302. The Labute approximate surface area is 131 Å². The Balaban J connectivity index is 2.23. The van der Waals surface area contributed by atoms with E-state index in [1.54, 1.807) is 0 Å². The Hall–Kier alpha value is -0.960. The summed E-state index contributed by atoms with van der Waals surface area (Å²) in [5.74, 6) is -1.10. The van der Waals surface area contributed by atoms with E-state index >= 15 is 0 Å². The van der Waals surface area contributed by atoms with Crippen LogP contribution in [0.15, 0.2) is 27.6 Å². The molecule has 1 aliphatic rings. The zero-order valence-corrected chi connectivity index (χ0v) is 13.9. The molecule has 0 saturated carbocycles. The van der Waals surface area contributed by atoms with Gasteiger partial charge in [0.1, 0.15) is 0 Å². The van der Waals surface area contributed by atoms with Gasteiger partial charge in [-0.1, -0.05) is 0 Å². The molecule has 0 spiro atoms. The van der Waals surface area contributed by atoms with Crippen molar-refractivity contribution in [3.8, 4) is 0 Å². The topological polar surface area (TPSA) is 83.9 Å². The van der Waals surface area contributed by atoms with E-state index in [0.29, 0.717) is 6.61 Å². The second-order valence-electron chi connectivity index (χ2n) is 4.87. The summed E-state index contributed by atoms with van der Waals surface area (Å²) in [6.07, 6.45) is 1.70. The fourth-order valence-corrected chi connectivity index (χ4v) is 4.42. The molecular formula is C13H16BrNO5S. The smallest absolute Gasteiger partial charge is 0.335 e. The SMILES string of the molecule is CN(CC1CCCO1)S(=O)(=O)c1ccc(C(=O)O)cc1Br. The van der Waals surface area contributed by atoms with Crippen LogP contribution in [-0.2, 0) is 14.8 Å². The number of hydrogen-bond acceptors (Lipinski definition) is 4. The van der Waals surface area contributed by atoms with Crippen molar-refractivity contribution in [3.63, 3.8) is 0 Å². The first kappa shape index (κ1) is 16.4.